The number of esters is 1. The maximum absolute atomic E-state index is 13.5. The minimum Gasteiger partial charge on any atom is -0.465 e. The number of methoxy groups -OCH3 is 1. The third-order valence-corrected chi connectivity index (χ3v) is 4.15. The Morgan fingerprint density at radius 2 is 1.53 bits per heavy atom. The zero-order valence-electron chi connectivity index (χ0n) is 16.6. The predicted molar refractivity (Wildman–Crippen MR) is 108 cm³/mol. The highest BCUT2D eigenvalue weighted by molar-refractivity contribution is 6.24. The van der Waals surface area contributed by atoms with Gasteiger partial charge in [0.25, 0.3) is 5.92 Å². The Hall–Kier alpha value is -3.62. The minimum absolute atomic E-state index is 0.0748. The van der Waals surface area contributed by atoms with Crippen molar-refractivity contribution in [2.45, 2.75) is 19.8 Å². The van der Waals surface area contributed by atoms with Crippen LogP contribution in [0.15, 0.2) is 48.5 Å². The molecule has 0 fully saturated rings. The van der Waals surface area contributed by atoms with Crippen molar-refractivity contribution in [2.24, 2.45) is 5.92 Å². The standard InChI is InChI=1S/C21H21F2N3O4/c1-12(24)17(18(27)25-15-8-4-6-13(10-15)20(29)30-3)19(28)26-16-9-5-7-14(11-16)21(2,22)23/h4-11,17,24H,1-3H3,(H,25,27)(H,26,28). The van der Waals surface area contributed by atoms with Crippen LogP contribution in [-0.2, 0) is 20.2 Å². The molecule has 0 aliphatic carbocycles. The number of carbonyl (C=O) groups is 3. The first-order valence-corrected chi connectivity index (χ1v) is 8.86. The molecule has 0 radical (unpaired) electrons. The summed E-state index contributed by atoms with van der Waals surface area (Å²) >= 11 is 0. The lowest BCUT2D eigenvalue weighted by Crippen LogP contribution is -2.38. The highest BCUT2D eigenvalue weighted by Gasteiger charge is 2.30. The molecule has 2 aromatic carbocycles. The second kappa shape index (κ2) is 9.25. The van der Waals surface area contributed by atoms with E-state index in [4.69, 9.17) is 5.41 Å². The van der Waals surface area contributed by atoms with E-state index in [9.17, 15) is 23.2 Å². The van der Waals surface area contributed by atoms with Crippen molar-refractivity contribution in [1.82, 2.24) is 0 Å². The molecule has 2 amide bonds. The number of alkyl halides is 2. The van der Waals surface area contributed by atoms with E-state index in [2.05, 4.69) is 15.4 Å². The molecule has 9 heteroatoms. The number of hydrogen-bond acceptors (Lipinski definition) is 5. The van der Waals surface area contributed by atoms with Crippen LogP contribution in [-0.4, -0.2) is 30.6 Å². The van der Waals surface area contributed by atoms with Gasteiger partial charge in [-0.15, -0.1) is 0 Å². The number of carbonyl (C=O) groups excluding carboxylic acids is 3. The van der Waals surface area contributed by atoms with Gasteiger partial charge in [0.05, 0.1) is 12.7 Å². The topological polar surface area (TPSA) is 108 Å². The van der Waals surface area contributed by atoms with Crippen LogP contribution < -0.4 is 10.6 Å². The molecule has 30 heavy (non-hydrogen) atoms. The molecule has 3 N–H and O–H groups in total. The number of hydrogen-bond donors (Lipinski definition) is 3. The van der Waals surface area contributed by atoms with E-state index in [1.54, 1.807) is 0 Å². The van der Waals surface area contributed by atoms with Gasteiger partial charge in [0.1, 0.15) is 0 Å². The predicted octanol–water partition coefficient (Wildman–Crippen LogP) is 3.82. The molecule has 158 valence electrons. The number of halogens is 2. The van der Waals surface area contributed by atoms with Gasteiger partial charge in [0, 0.05) is 29.6 Å². The molecule has 2 aromatic rings. The van der Waals surface area contributed by atoms with Crippen LogP contribution in [0.4, 0.5) is 20.2 Å². The van der Waals surface area contributed by atoms with Gasteiger partial charge >= 0.3 is 5.97 Å². The number of anilines is 2. The fraction of sp³-hybridized carbons (Fsp3) is 0.238. The summed E-state index contributed by atoms with van der Waals surface area (Å²) in [6, 6.07) is 11.0. The van der Waals surface area contributed by atoms with Crippen molar-refractivity contribution in [1.29, 1.82) is 5.41 Å². The van der Waals surface area contributed by atoms with Gasteiger partial charge < -0.3 is 20.8 Å². The molecule has 0 saturated carbocycles. The monoisotopic (exact) mass is 417 g/mol. The van der Waals surface area contributed by atoms with E-state index >= 15 is 0 Å². The molecule has 1 atom stereocenters. The lowest BCUT2D eigenvalue weighted by Gasteiger charge is -2.17. The van der Waals surface area contributed by atoms with Crippen molar-refractivity contribution in [3.63, 3.8) is 0 Å². The van der Waals surface area contributed by atoms with Crippen LogP contribution in [0.2, 0.25) is 0 Å². The smallest absolute Gasteiger partial charge is 0.337 e. The second-order valence-electron chi connectivity index (χ2n) is 6.64. The van der Waals surface area contributed by atoms with E-state index in [1.807, 2.05) is 0 Å². The first-order valence-electron chi connectivity index (χ1n) is 8.86. The SMILES string of the molecule is COC(=O)c1cccc(NC(=O)C(C(C)=N)C(=O)Nc2cccc(C(C)(F)F)c2)c1. The summed E-state index contributed by atoms with van der Waals surface area (Å²) < 4.78 is 31.6. The van der Waals surface area contributed by atoms with E-state index in [0.717, 1.165) is 13.0 Å². The molecule has 0 aliphatic heterocycles. The van der Waals surface area contributed by atoms with Gasteiger partial charge in [-0.3, -0.25) is 9.59 Å². The molecule has 0 aliphatic rings. The van der Waals surface area contributed by atoms with E-state index < -0.39 is 29.6 Å². The maximum Gasteiger partial charge on any atom is 0.337 e. The fourth-order valence-electron chi connectivity index (χ4n) is 2.65. The Balaban J connectivity index is 2.19. The van der Waals surface area contributed by atoms with Crippen molar-refractivity contribution in [3.05, 3.63) is 59.7 Å². The third kappa shape index (κ3) is 5.69. The van der Waals surface area contributed by atoms with Crippen LogP contribution in [0, 0.1) is 11.3 Å². The van der Waals surface area contributed by atoms with Crippen molar-refractivity contribution in [2.75, 3.05) is 17.7 Å². The molecular weight excluding hydrogens is 396 g/mol. The fourth-order valence-corrected chi connectivity index (χ4v) is 2.65. The maximum atomic E-state index is 13.5. The Kier molecular flexibility index (Phi) is 6.99. The normalized spacial score (nSPS) is 11.9. The van der Waals surface area contributed by atoms with Crippen LogP contribution in [0.1, 0.15) is 29.8 Å². The second-order valence-corrected chi connectivity index (χ2v) is 6.64. The molecule has 1 unspecified atom stereocenters. The highest BCUT2D eigenvalue weighted by Crippen LogP contribution is 2.28. The van der Waals surface area contributed by atoms with E-state index in [0.29, 0.717) is 0 Å². The first-order chi connectivity index (χ1) is 14.0. The number of rotatable bonds is 7. The summed E-state index contributed by atoms with van der Waals surface area (Å²) in [7, 11) is 1.22. The third-order valence-electron chi connectivity index (χ3n) is 4.15. The zero-order valence-corrected chi connectivity index (χ0v) is 16.6. The van der Waals surface area contributed by atoms with Crippen molar-refractivity contribution >= 4 is 34.9 Å². The van der Waals surface area contributed by atoms with Gasteiger partial charge in [-0.25, -0.2) is 13.6 Å². The average Bonchev–Trinajstić information content (AvgIpc) is 2.66. The summed E-state index contributed by atoms with van der Waals surface area (Å²) in [5, 5.41) is 12.7. The van der Waals surface area contributed by atoms with Crippen LogP contribution in [0.25, 0.3) is 0 Å². The lowest BCUT2D eigenvalue weighted by molar-refractivity contribution is -0.126. The highest BCUT2D eigenvalue weighted by atomic mass is 19.3. The van der Waals surface area contributed by atoms with Crippen LogP contribution in [0.5, 0.6) is 0 Å². The number of ether oxygens (including phenoxy) is 1. The molecule has 7 nitrogen and oxygen atoms in total. The van der Waals surface area contributed by atoms with Gasteiger partial charge in [-0.05, 0) is 37.3 Å². The quantitative estimate of drug-likeness (QED) is 0.362. The Labute approximate surface area is 171 Å². The summed E-state index contributed by atoms with van der Waals surface area (Å²) in [6.07, 6.45) is 0. The Morgan fingerprint density at radius 1 is 1.00 bits per heavy atom. The van der Waals surface area contributed by atoms with E-state index in [1.165, 1.54) is 56.5 Å². The summed E-state index contributed by atoms with van der Waals surface area (Å²) in [5.41, 5.74) is -0.0425. The summed E-state index contributed by atoms with van der Waals surface area (Å²) in [6.45, 7) is 2.01. The van der Waals surface area contributed by atoms with E-state index in [-0.39, 0.29) is 28.2 Å². The minimum atomic E-state index is -3.10. The summed E-state index contributed by atoms with van der Waals surface area (Å²) in [4.78, 5) is 36.8. The Bertz CT molecular complexity index is 986. The largest absolute Gasteiger partial charge is 0.465 e. The van der Waals surface area contributed by atoms with Crippen LogP contribution >= 0.6 is 0 Å². The molecule has 0 saturated heterocycles. The molecular formula is C21H21F2N3O4. The Morgan fingerprint density at radius 3 is 2.03 bits per heavy atom. The molecule has 0 bridgehead atoms. The number of nitrogens with one attached hydrogen (secondary N) is 3. The molecule has 0 heterocycles. The van der Waals surface area contributed by atoms with Crippen molar-refractivity contribution < 1.29 is 27.9 Å². The van der Waals surface area contributed by atoms with Crippen molar-refractivity contribution in [3.8, 4) is 0 Å². The van der Waals surface area contributed by atoms with Gasteiger partial charge in [0.2, 0.25) is 11.8 Å². The first kappa shape index (κ1) is 22.7. The molecule has 0 aromatic heterocycles. The van der Waals surface area contributed by atoms with Gasteiger partial charge in [-0.1, -0.05) is 18.2 Å². The zero-order chi connectivity index (χ0) is 22.5. The molecule has 2 rings (SSSR count). The lowest BCUT2D eigenvalue weighted by atomic mass is 10.0. The van der Waals surface area contributed by atoms with Gasteiger partial charge in [0.15, 0.2) is 5.92 Å². The number of benzene rings is 2. The molecule has 0 spiro atoms. The van der Waals surface area contributed by atoms with Gasteiger partial charge in [-0.2, -0.15) is 0 Å². The summed E-state index contributed by atoms with van der Waals surface area (Å²) in [5.74, 6) is -6.85. The average molecular weight is 417 g/mol. The number of amides is 2. The van der Waals surface area contributed by atoms with Crippen LogP contribution in [0.3, 0.4) is 0 Å².